The number of amides is 1. The minimum Gasteiger partial charge on any atom is -0.497 e. The molecular weight excluding hydrogens is 446 g/mol. The van der Waals surface area contributed by atoms with Crippen LogP contribution >= 0.6 is 11.6 Å². The van der Waals surface area contributed by atoms with Crippen LogP contribution in [0.3, 0.4) is 0 Å². The predicted molar refractivity (Wildman–Crippen MR) is 126 cm³/mol. The van der Waals surface area contributed by atoms with E-state index in [0.717, 1.165) is 5.56 Å². The molecule has 0 aliphatic carbocycles. The van der Waals surface area contributed by atoms with E-state index in [1.165, 1.54) is 6.26 Å². The van der Waals surface area contributed by atoms with Gasteiger partial charge in [0.15, 0.2) is 6.61 Å². The Balaban J connectivity index is 1.44. The molecule has 0 radical (unpaired) electrons. The molecule has 4 rings (SSSR count). The van der Waals surface area contributed by atoms with Gasteiger partial charge in [-0.15, -0.1) is 0 Å². The quantitative estimate of drug-likeness (QED) is 0.383. The second-order valence-corrected chi connectivity index (χ2v) is 7.52. The summed E-state index contributed by atoms with van der Waals surface area (Å²) in [6.07, 6.45) is 1.24. The molecule has 0 atom stereocenters. The van der Waals surface area contributed by atoms with Crippen LogP contribution in [0.5, 0.6) is 23.0 Å². The highest BCUT2D eigenvalue weighted by Crippen LogP contribution is 2.26. The lowest BCUT2D eigenvalue weighted by Gasteiger charge is -2.11. The highest BCUT2D eigenvalue weighted by Gasteiger charge is 2.12. The van der Waals surface area contributed by atoms with Crippen molar-refractivity contribution in [1.82, 2.24) is 0 Å². The van der Waals surface area contributed by atoms with E-state index < -0.39 is 0 Å². The van der Waals surface area contributed by atoms with Gasteiger partial charge >= 0.3 is 0 Å². The number of fused-ring (bicyclic) bond motifs is 1. The van der Waals surface area contributed by atoms with Crippen LogP contribution in [0.4, 0.5) is 5.69 Å². The molecule has 0 aliphatic rings. The lowest BCUT2D eigenvalue weighted by molar-refractivity contribution is -0.118. The molecule has 7 nitrogen and oxygen atoms in total. The number of ether oxygens (including phenoxy) is 3. The number of halogens is 1. The zero-order chi connectivity index (χ0) is 23.4. The van der Waals surface area contributed by atoms with Gasteiger partial charge < -0.3 is 23.9 Å². The molecule has 0 saturated heterocycles. The molecule has 168 valence electrons. The summed E-state index contributed by atoms with van der Waals surface area (Å²) in [6, 6.07) is 16.8. The number of nitrogens with one attached hydrogen (secondary N) is 1. The van der Waals surface area contributed by atoms with Gasteiger partial charge in [-0.2, -0.15) is 0 Å². The SMILES string of the molecule is COc1ccc(Oc2coc3cc(OCC(=O)Nc4cccc(Cl)c4C)ccc3c2=O)cc1. The Bertz CT molecular complexity index is 1360. The van der Waals surface area contributed by atoms with Gasteiger partial charge in [-0.25, -0.2) is 0 Å². The molecule has 1 N–H and O–H groups in total. The van der Waals surface area contributed by atoms with E-state index in [2.05, 4.69) is 5.32 Å². The molecule has 0 bridgehead atoms. The van der Waals surface area contributed by atoms with E-state index in [4.69, 9.17) is 30.2 Å². The molecule has 1 heterocycles. The Morgan fingerprint density at radius 1 is 1.03 bits per heavy atom. The molecule has 0 unspecified atom stereocenters. The first kappa shape index (κ1) is 22.2. The minimum atomic E-state index is -0.342. The summed E-state index contributed by atoms with van der Waals surface area (Å²) in [5.41, 5.74) is 1.37. The topological polar surface area (TPSA) is 87.0 Å². The van der Waals surface area contributed by atoms with Gasteiger partial charge in [-0.3, -0.25) is 9.59 Å². The van der Waals surface area contributed by atoms with Gasteiger partial charge in [0.05, 0.1) is 12.5 Å². The Hall–Kier alpha value is -3.97. The number of carbonyl (C=O) groups is 1. The average Bonchev–Trinajstić information content (AvgIpc) is 2.83. The van der Waals surface area contributed by atoms with Crippen molar-refractivity contribution >= 4 is 34.2 Å². The highest BCUT2D eigenvalue weighted by molar-refractivity contribution is 6.31. The van der Waals surface area contributed by atoms with Crippen LogP contribution in [0.2, 0.25) is 5.02 Å². The standard InChI is InChI=1S/C25H20ClNO6/c1-15-20(26)4-3-5-21(15)27-24(28)14-31-18-10-11-19-22(12-18)32-13-23(25(19)29)33-17-8-6-16(30-2)7-9-17/h3-13H,14H2,1-2H3,(H,27,28). The summed E-state index contributed by atoms with van der Waals surface area (Å²) in [5, 5.41) is 3.65. The lowest BCUT2D eigenvalue weighted by atomic mass is 10.2. The largest absolute Gasteiger partial charge is 0.497 e. The summed E-state index contributed by atoms with van der Waals surface area (Å²) in [5.74, 6) is 1.25. The molecule has 8 heteroatoms. The summed E-state index contributed by atoms with van der Waals surface area (Å²) < 4.78 is 21.9. The number of anilines is 1. The lowest BCUT2D eigenvalue weighted by Crippen LogP contribution is -2.20. The summed E-state index contributed by atoms with van der Waals surface area (Å²) in [4.78, 5) is 25.0. The van der Waals surface area contributed by atoms with Crippen molar-refractivity contribution in [3.05, 3.63) is 87.7 Å². The maximum Gasteiger partial charge on any atom is 0.262 e. The van der Waals surface area contributed by atoms with Gasteiger partial charge in [-0.05, 0) is 61.0 Å². The minimum absolute atomic E-state index is 0.0533. The molecule has 4 aromatic rings. The third-order valence-corrected chi connectivity index (χ3v) is 5.32. The zero-order valence-electron chi connectivity index (χ0n) is 17.9. The third kappa shape index (κ3) is 5.10. The van der Waals surface area contributed by atoms with Gasteiger partial charge in [-0.1, -0.05) is 17.7 Å². The van der Waals surface area contributed by atoms with E-state index in [9.17, 15) is 9.59 Å². The zero-order valence-corrected chi connectivity index (χ0v) is 18.6. The first-order valence-electron chi connectivity index (χ1n) is 10.00. The van der Waals surface area contributed by atoms with Crippen LogP contribution in [-0.2, 0) is 4.79 Å². The molecule has 33 heavy (non-hydrogen) atoms. The number of benzene rings is 3. The number of hydrogen-bond donors (Lipinski definition) is 1. The Morgan fingerprint density at radius 3 is 2.52 bits per heavy atom. The smallest absolute Gasteiger partial charge is 0.262 e. The van der Waals surface area contributed by atoms with Crippen molar-refractivity contribution in [3.8, 4) is 23.0 Å². The van der Waals surface area contributed by atoms with Crippen molar-refractivity contribution < 1.29 is 23.4 Å². The Kier molecular flexibility index (Phi) is 6.51. The number of carbonyl (C=O) groups excluding carboxylic acids is 1. The number of hydrogen-bond acceptors (Lipinski definition) is 6. The van der Waals surface area contributed by atoms with Gasteiger partial charge in [0.25, 0.3) is 5.91 Å². The summed E-state index contributed by atoms with van der Waals surface area (Å²) in [7, 11) is 1.57. The summed E-state index contributed by atoms with van der Waals surface area (Å²) in [6.45, 7) is 1.59. The van der Waals surface area contributed by atoms with Crippen LogP contribution in [0.15, 0.2) is 76.1 Å². The third-order valence-electron chi connectivity index (χ3n) is 4.91. The maximum absolute atomic E-state index is 12.8. The predicted octanol–water partition coefficient (Wildman–Crippen LogP) is 5.57. The Morgan fingerprint density at radius 2 is 1.76 bits per heavy atom. The first-order valence-corrected chi connectivity index (χ1v) is 10.4. The highest BCUT2D eigenvalue weighted by atomic mass is 35.5. The van der Waals surface area contributed by atoms with E-state index in [1.54, 1.807) is 67.8 Å². The van der Waals surface area contributed by atoms with E-state index in [1.807, 2.05) is 6.92 Å². The monoisotopic (exact) mass is 465 g/mol. The fraction of sp³-hybridized carbons (Fsp3) is 0.120. The summed E-state index contributed by atoms with van der Waals surface area (Å²) >= 11 is 6.07. The first-order chi connectivity index (χ1) is 15.9. The van der Waals surface area contributed by atoms with Crippen molar-refractivity contribution in [2.45, 2.75) is 6.92 Å². The fourth-order valence-corrected chi connectivity index (χ4v) is 3.27. The van der Waals surface area contributed by atoms with Gasteiger partial charge in [0.1, 0.15) is 29.1 Å². The number of rotatable bonds is 7. The second kappa shape index (κ2) is 9.67. The van der Waals surface area contributed by atoms with Crippen LogP contribution in [0, 0.1) is 6.92 Å². The van der Waals surface area contributed by atoms with Gasteiger partial charge in [0.2, 0.25) is 11.2 Å². The van der Waals surface area contributed by atoms with Crippen LogP contribution in [-0.4, -0.2) is 19.6 Å². The van der Waals surface area contributed by atoms with Crippen molar-refractivity contribution in [2.24, 2.45) is 0 Å². The van der Waals surface area contributed by atoms with Crippen LogP contribution in [0.25, 0.3) is 11.0 Å². The fourth-order valence-electron chi connectivity index (χ4n) is 3.10. The Labute approximate surface area is 194 Å². The van der Waals surface area contributed by atoms with Crippen LogP contribution in [0.1, 0.15) is 5.56 Å². The van der Waals surface area contributed by atoms with Crippen molar-refractivity contribution in [2.75, 3.05) is 19.0 Å². The van der Waals surface area contributed by atoms with Crippen molar-refractivity contribution in [1.29, 1.82) is 0 Å². The average molecular weight is 466 g/mol. The second-order valence-electron chi connectivity index (χ2n) is 7.11. The molecular formula is C25H20ClNO6. The van der Waals surface area contributed by atoms with Gasteiger partial charge in [0, 0.05) is 16.8 Å². The number of methoxy groups -OCH3 is 1. The molecule has 1 aromatic heterocycles. The van der Waals surface area contributed by atoms with E-state index in [-0.39, 0.29) is 23.7 Å². The maximum atomic E-state index is 12.8. The molecule has 0 aliphatic heterocycles. The van der Waals surface area contributed by atoms with Crippen LogP contribution < -0.4 is 25.0 Å². The molecule has 3 aromatic carbocycles. The van der Waals surface area contributed by atoms with E-state index in [0.29, 0.717) is 38.9 Å². The molecule has 0 saturated carbocycles. The van der Waals surface area contributed by atoms with Crippen molar-refractivity contribution in [3.63, 3.8) is 0 Å². The van der Waals surface area contributed by atoms with E-state index >= 15 is 0 Å². The molecule has 0 spiro atoms. The molecule has 0 fully saturated rings. The molecule has 1 amide bonds. The normalized spacial score (nSPS) is 10.6.